The molecule has 6 nitrogen and oxygen atoms in total. The van der Waals surface area contributed by atoms with Crippen molar-refractivity contribution in [3.8, 4) is 22.6 Å². The Kier molecular flexibility index (Phi) is 7.86. The van der Waals surface area contributed by atoms with Crippen LogP contribution in [0.5, 0.6) is 11.5 Å². The summed E-state index contributed by atoms with van der Waals surface area (Å²) >= 11 is 6.83. The topological polar surface area (TPSA) is 68.8 Å². The van der Waals surface area contributed by atoms with E-state index in [-0.39, 0.29) is 6.61 Å². The maximum Gasteiger partial charge on any atom is 0.341 e. The molecule has 8 heteroatoms. The van der Waals surface area contributed by atoms with Gasteiger partial charge in [-0.05, 0) is 42.4 Å². The first-order chi connectivity index (χ1) is 15.1. The first-order valence-corrected chi connectivity index (χ1v) is 11.0. The smallest absolute Gasteiger partial charge is 0.341 e. The SMILES string of the molecule is CCOC(=O)c1c(-c2ccc(OC)c(OC)c2)csc1NC(=S)NCc1ccccc1. The lowest BCUT2D eigenvalue weighted by atomic mass is 10.0. The minimum Gasteiger partial charge on any atom is -0.493 e. The number of methoxy groups -OCH3 is 2. The van der Waals surface area contributed by atoms with E-state index in [1.807, 2.05) is 47.8 Å². The molecule has 3 rings (SSSR count). The highest BCUT2D eigenvalue weighted by atomic mass is 32.1. The predicted molar refractivity (Wildman–Crippen MR) is 128 cm³/mol. The lowest BCUT2D eigenvalue weighted by Crippen LogP contribution is -2.28. The van der Waals surface area contributed by atoms with Gasteiger partial charge in [-0.1, -0.05) is 36.4 Å². The molecule has 0 fully saturated rings. The number of carbonyl (C=O) groups is 1. The predicted octanol–water partition coefficient (Wildman–Crippen LogP) is 5.10. The average molecular weight is 457 g/mol. The number of rotatable bonds is 8. The Bertz CT molecular complexity index is 1050. The molecule has 162 valence electrons. The van der Waals surface area contributed by atoms with Crippen LogP contribution in [0.1, 0.15) is 22.8 Å². The second kappa shape index (κ2) is 10.8. The van der Waals surface area contributed by atoms with Gasteiger partial charge >= 0.3 is 5.97 Å². The van der Waals surface area contributed by atoms with Gasteiger partial charge in [0.15, 0.2) is 16.6 Å². The molecule has 0 spiro atoms. The van der Waals surface area contributed by atoms with Crippen LogP contribution < -0.4 is 20.1 Å². The van der Waals surface area contributed by atoms with Crippen LogP contribution in [-0.2, 0) is 11.3 Å². The Morgan fingerprint density at radius 2 is 1.81 bits per heavy atom. The summed E-state index contributed by atoms with van der Waals surface area (Å²) in [4.78, 5) is 12.8. The fourth-order valence-corrected chi connectivity index (χ4v) is 4.20. The molecule has 0 aliphatic heterocycles. The van der Waals surface area contributed by atoms with Crippen LogP contribution in [0.3, 0.4) is 0 Å². The monoisotopic (exact) mass is 456 g/mol. The molecular formula is C23H24N2O4S2. The third kappa shape index (κ3) is 5.53. The Balaban J connectivity index is 1.87. The van der Waals surface area contributed by atoms with Crippen LogP contribution in [0.15, 0.2) is 53.9 Å². The van der Waals surface area contributed by atoms with E-state index in [1.165, 1.54) is 11.3 Å². The fraction of sp³-hybridized carbons (Fsp3) is 0.217. The molecule has 0 saturated heterocycles. The minimum atomic E-state index is -0.415. The summed E-state index contributed by atoms with van der Waals surface area (Å²) in [5.74, 6) is 0.779. The minimum absolute atomic E-state index is 0.274. The zero-order valence-corrected chi connectivity index (χ0v) is 19.2. The highest BCUT2D eigenvalue weighted by Crippen LogP contribution is 2.39. The molecule has 0 amide bonds. The van der Waals surface area contributed by atoms with Gasteiger partial charge in [-0.15, -0.1) is 11.3 Å². The standard InChI is InChI=1S/C23H24N2O4S2/c1-4-29-22(26)20-17(16-10-11-18(27-2)19(12-16)28-3)14-31-21(20)25-23(30)24-13-15-8-6-5-7-9-15/h5-12,14H,4,13H2,1-3H3,(H2,24,25,30). The number of hydrogen-bond donors (Lipinski definition) is 2. The van der Waals surface area contributed by atoms with Gasteiger partial charge < -0.3 is 24.8 Å². The average Bonchev–Trinajstić information content (AvgIpc) is 3.21. The number of ether oxygens (including phenoxy) is 3. The molecule has 0 aliphatic carbocycles. The van der Waals surface area contributed by atoms with Gasteiger partial charge in [0.2, 0.25) is 0 Å². The van der Waals surface area contributed by atoms with Crippen LogP contribution in [0, 0.1) is 0 Å². The fourth-order valence-electron chi connectivity index (χ4n) is 3.00. The summed E-state index contributed by atoms with van der Waals surface area (Å²) in [6.45, 7) is 2.63. The summed E-state index contributed by atoms with van der Waals surface area (Å²) in [5.41, 5.74) is 3.09. The highest BCUT2D eigenvalue weighted by molar-refractivity contribution is 7.80. The second-order valence-electron chi connectivity index (χ2n) is 6.44. The van der Waals surface area contributed by atoms with E-state index in [0.717, 1.165) is 16.7 Å². The molecule has 0 unspecified atom stereocenters. The van der Waals surface area contributed by atoms with E-state index >= 15 is 0 Å². The summed E-state index contributed by atoms with van der Waals surface area (Å²) < 4.78 is 16.0. The van der Waals surface area contributed by atoms with Gasteiger partial charge in [0.1, 0.15) is 10.6 Å². The van der Waals surface area contributed by atoms with E-state index in [0.29, 0.717) is 33.7 Å². The van der Waals surface area contributed by atoms with Crippen molar-refractivity contribution in [2.45, 2.75) is 13.5 Å². The third-order valence-electron chi connectivity index (χ3n) is 4.49. The van der Waals surface area contributed by atoms with E-state index in [4.69, 9.17) is 26.4 Å². The zero-order chi connectivity index (χ0) is 22.2. The quantitative estimate of drug-likeness (QED) is 0.361. The number of nitrogens with one attached hydrogen (secondary N) is 2. The zero-order valence-electron chi connectivity index (χ0n) is 17.6. The number of thiocarbonyl (C=S) groups is 1. The van der Waals surface area contributed by atoms with Crippen molar-refractivity contribution in [2.75, 3.05) is 26.1 Å². The van der Waals surface area contributed by atoms with Crippen LogP contribution in [0.2, 0.25) is 0 Å². The van der Waals surface area contributed by atoms with Gasteiger partial charge in [-0.3, -0.25) is 0 Å². The van der Waals surface area contributed by atoms with E-state index in [1.54, 1.807) is 27.2 Å². The summed E-state index contributed by atoms with van der Waals surface area (Å²) in [7, 11) is 3.16. The molecule has 0 radical (unpaired) electrons. The molecule has 0 atom stereocenters. The van der Waals surface area contributed by atoms with E-state index < -0.39 is 5.97 Å². The summed E-state index contributed by atoms with van der Waals surface area (Å²) in [6, 6.07) is 15.5. The molecule has 2 N–H and O–H groups in total. The number of thiophene rings is 1. The lowest BCUT2D eigenvalue weighted by Gasteiger charge is -2.13. The summed E-state index contributed by atoms with van der Waals surface area (Å²) in [6.07, 6.45) is 0. The molecule has 0 aliphatic rings. The molecule has 1 heterocycles. The van der Waals surface area contributed by atoms with Gasteiger partial charge in [-0.2, -0.15) is 0 Å². The number of esters is 1. The normalized spacial score (nSPS) is 10.3. The number of benzene rings is 2. The Morgan fingerprint density at radius 1 is 1.06 bits per heavy atom. The Labute approximate surface area is 191 Å². The van der Waals surface area contributed by atoms with Crippen molar-refractivity contribution in [3.63, 3.8) is 0 Å². The van der Waals surface area contributed by atoms with Crippen molar-refractivity contribution in [1.82, 2.24) is 5.32 Å². The van der Waals surface area contributed by atoms with Gasteiger partial charge in [0.25, 0.3) is 0 Å². The highest BCUT2D eigenvalue weighted by Gasteiger charge is 2.23. The third-order valence-corrected chi connectivity index (χ3v) is 5.63. The first kappa shape index (κ1) is 22.6. The molecule has 31 heavy (non-hydrogen) atoms. The van der Waals surface area contributed by atoms with Gasteiger partial charge in [0.05, 0.1) is 20.8 Å². The lowest BCUT2D eigenvalue weighted by molar-refractivity contribution is 0.0529. The van der Waals surface area contributed by atoms with Crippen LogP contribution in [-0.4, -0.2) is 31.9 Å². The number of hydrogen-bond acceptors (Lipinski definition) is 6. The Hall–Kier alpha value is -3.10. The van der Waals surface area contributed by atoms with Gasteiger partial charge in [-0.25, -0.2) is 4.79 Å². The number of carbonyl (C=O) groups excluding carboxylic acids is 1. The molecular weight excluding hydrogens is 432 g/mol. The number of anilines is 1. The van der Waals surface area contributed by atoms with Crippen LogP contribution in [0.4, 0.5) is 5.00 Å². The van der Waals surface area contributed by atoms with Crippen LogP contribution >= 0.6 is 23.6 Å². The van der Waals surface area contributed by atoms with Crippen LogP contribution in [0.25, 0.3) is 11.1 Å². The van der Waals surface area contributed by atoms with Crippen molar-refractivity contribution < 1.29 is 19.0 Å². The van der Waals surface area contributed by atoms with Gasteiger partial charge in [0, 0.05) is 17.5 Å². The maximum atomic E-state index is 12.8. The van der Waals surface area contributed by atoms with E-state index in [2.05, 4.69) is 10.6 Å². The second-order valence-corrected chi connectivity index (χ2v) is 7.72. The van der Waals surface area contributed by atoms with Crippen molar-refractivity contribution in [1.29, 1.82) is 0 Å². The molecule has 1 aromatic heterocycles. The van der Waals surface area contributed by atoms with Crippen molar-refractivity contribution in [2.24, 2.45) is 0 Å². The molecule has 0 saturated carbocycles. The van der Waals surface area contributed by atoms with E-state index in [9.17, 15) is 4.79 Å². The summed E-state index contributed by atoms with van der Waals surface area (Å²) in [5, 5.41) is 9.25. The molecule has 0 bridgehead atoms. The van der Waals surface area contributed by atoms with Crippen molar-refractivity contribution in [3.05, 3.63) is 65.0 Å². The molecule has 3 aromatic rings. The first-order valence-electron chi connectivity index (χ1n) is 9.67. The largest absolute Gasteiger partial charge is 0.493 e. The van der Waals surface area contributed by atoms with Crippen molar-refractivity contribution >= 4 is 39.6 Å². The maximum absolute atomic E-state index is 12.8. The Morgan fingerprint density at radius 3 is 2.48 bits per heavy atom. The molecule has 2 aromatic carbocycles.